The number of anilines is 2. The molecule has 0 aliphatic heterocycles. The second kappa shape index (κ2) is 7.25. The lowest BCUT2D eigenvalue weighted by atomic mass is 9.96. The van der Waals surface area contributed by atoms with E-state index in [1.54, 1.807) is 0 Å². The summed E-state index contributed by atoms with van der Waals surface area (Å²) in [6.45, 7) is 1.97. The Labute approximate surface area is 162 Å². The Bertz CT molecular complexity index is 931. The van der Waals surface area contributed by atoms with Crippen LogP contribution in [0.5, 0.6) is 0 Å². The zero-order valence-electron chi connectivity index (χ0n) is 14.4. The topological polar surface area (TPSA) is 66.5 Å². The molecule has 0 atom stereocenters. The fraction of sp³-hybridized carbons (Fsp3) is 0.316. The van der Waals surface area contributed by atoms with Gasteiger partial charge in [-0.15, -0.1) is 0 Å². The van der Waals surface area contributed by atoms with Crippen molar-refractivity contribution < 1.29 is 0 Å². The lowest BCUT2D eigenvalue weighted by Crippen LogP contribution is -2.14. The molecular weight excluding hydrogens is 369 g/mol. The maximum Gasteiger partial charge on any atom is 0.153 e. The standard InChI is InChI=1S/C19H19Cl2N5/c1-11-9-18(26-25-11)24-19-12-5-2-3-8-16(12)22-17(23-19)10-13-14(20)6-4-7-15(13)21/h4,6-7,9H,2-3,5,8,10H2,1H3,(H2,22,23,24,25,26). The number of fused-ring (bicyclic) bond motifs is 1. The van der Waals surface area contributed by atoms with Crippen LogP contribution in [0.3, 0.4) is 0 Å². The van der Waals surface area contributed by atoms with Crippen molar-refractivity contribution in [2.75, 3.05) is 5.32 Å². The lowest BCUT2D eigenvalue weighted by molar-refractivity contribution is 0.658. The predicted molar refractivity (Wildman–Crippen MR) is 105 cm³/mol. The minimum absolute atomic E-state index is 0.500. The van der Waals surface area contributed by atoms with Crippen molar-refractivity contribution in [3.63, 3.8) is 0 Å². The Balaban J connectivity index is 1.72. The minimum Gasteiger partial charge on any atom is -0.323 e. The second-order valence-corrected chi connectivity index (χ2v) is 7.37. The lowest BCUT2D eigenvalue weighted by Gasteiger charge is -2.19. The van der Waals surface area contributed by atoms with Gasteiger partial charge < -0.3 is 5.32 Å². The highest BCUT2D eigenvalue weighted by Crippen LogP contribution is 2.30. The molecule has 1 aromatic carbocycles. The van der Waals surface area contributed by atoms with Gasteiger partial charge in [0, 0.05) is 39.5 Å². The number of H-pyrrole nitrogens is 1. The average Bonchev–Trinajstić information content (AvgIpc) is 3.03. The second-order valence-electron chi connectivity index (χ2n) is 6.56. The molecule has 0 saturated heterocycles. The summed E-state index contributed by atoms with van der Waals surface area (Å²) in [6, 6.07) is 7.48. The third-order valence-corrected chi connectivity index (χ3v) is 5.29. The summed E-state index contributed by atoms with van der Waals surface area (Å²) in [4.78, 5) is 9.58. The molecular formula is C19H19Cl2N5. The van der Waals surface area contributed by atoms with E-state index in [-0.39, 0.29) is 0 Å². The van der Waals surface area contributed by atoms with Crippen molar-refractivity contribution in [1.82, 2.24) is 20.2 Å². The summed E-state index contributed by atoms with van der Waals surface area (Å²) in [5, 5.41) is 11.8. The Hall–Kier alpha value is -2.11. The molecule has 0 saturated carbocycles. The highest BCUT2D eigenvalue weighted by Gasteiger charge is 2.19. The summed E-state index contributed by atoms with van der Waals surface area (Å²) < 4.78 is 0. The van der Waals surface area contributed by atoms with Crippen molar-refractivity contribution >= 4 is 34.8 Å². The Morgan fingerprint density at radius 1 is 1.12 bits per heavy atom. The van der Waals surface area contributed by atoms with Gasteiger partial charge in [-0.05, 0) is 50.3 Å². The van der Waals surface area contributed by atoms with Crippen LogP contribution in [0, 0.1) is 6.92 Å². The number of aromatic amines is 1. The van der Waals surface area contributed by atoms with Crippen molar-refractivity contribution in [1.29, 1.82) is 0 Å². The number of nitrogens with one attached hydrogen (secondary N) is 2. The van der Waals surface area contributed by atoms with Crippen molar-refractivity contribution in [3.8, 4) is 0 Å². The number of hydrogen-bond acceptors (Lipinski definition) is 4. The zero-order valence-corrected chi connectivity index (χ0v) is 16.0. The normalized spacial score (nSPS) is 13.5. The van der Waals surface area contributed by atoms with E-state index in [0.29, 0.717) is 16.5 Å². The van der Waals surface area contributed by atoms with Crippen LogP contribution in [0.4, 0.5) is 11.6 Å². The number of benzene rings is 1. The zero-order chi connectivity index (χ0) is 18.1. The summed E-state index contributed by atoms with van der Waals surface area (Å²) in [5.41, 5.74) is 4.15. The molecule has 0 fully saturated rings. The first kappa shape index (κ1) is 17.3. The third kappa shape index (κ3) is 3.55. The number of halogens is 2. The largest absolute Gasteiger partial charge is 0.323 e. The van der Waals surface area contributed by atoms with Crippen LogP contribution in [0.25, 0.3) is 0 Å². The van der Waals surface area contributed by atoms with Crippen LogP contribution in [0.15, 0.2) is 24.3 Å². The summed E-state index contributed by atoms with van der Waals surface area (Å²) in [5.74, 6) is 2.31. The SMILES string of the molecule is Cc1cc(Nc2nc(Cc3c(Cl)cccc3Cl)nc3c2CCCC3)n[nH]1. The van der Waals surface area contributed by atoms with Crippen molar-refractivity contribution in [2.45, 2.75) is 39.0 Å². The van der Waals surface area contributed by atoms with E-state index in [1.807, 2.05) is 31.2 Å². The molecule has 0 amide bonds. The van der Waals surface area contributed by atoms with E-state index in [1.165, 1.54) is 5.56 Å². The van der Waals surface area contributed by atoms with Crippen LogP contribution in [-0.4, -0.2) is 20.2 Å². The molecule has 0 bridgehead atoms. The predicted octanol–water partition coefficient (Wildman–Crippen LogP) is 5.03. The number of hydrogen-bond donors (Lipinski definition) is 2. The highest BCUT2D eigenvalue weighted by molar-refractivity contribution is 6.36. The molecule has 1 aliphatic carbocycles. The minimum atomic E-state index is 0.500. The molecule has 2 N–H and O–H groups in total. The first-order valence-electron chi connectivity index (χ1n) is 8.71. The van der Waals surface area contributed by atoms with E-state index in [9.17, 15) is 0 Å². The third-order valence-electron chi connectivity index (χ3n) is 4.58. The van der Waals surface area contributed by atoms with Gasteiger partial charge in [-0.1, -0.05) is 29.3 Å². The van der Waals surface area contributed by atoms with Crippen molar-refractivity contribution in [3.05, 3.63) is 62.6 Å². The summed E-state index contributed by atoms with van der Waals surface area (Å²) in [6.07, 6.45) is 4.75. The number of rotatable bonds is 4. The Morgan fingerprint density at radius 2 is 1.88 bits per heavy atom. The molecule has 1 aliphatic rings. The molecule has 0 radical (unpaired) electrons. The fourth-order valence-corrected chi connectivity index (χ4v) is 3.82. The quantitative estimate of drug-likeness (QED) is 0.658. The van der Waals surface area contributed by atoms with E-state index in [2.05, 4.69) is 15.5 Å². The van der Waals surface area contributed by atoms with Crippen LogP contribution in [0.2, 0.25) is 10.0 Å². The molecule has 4 rings (SSSR count). The smallest absolute Gasteiger partial charge is 0.153 e. The number of aryl methyl sites for hydroxylation is 2. The maximum atomic E-state index is 6.33. The van der Waals surface area contributed by atoms with E-state index in [0.717, 1.165) is 60.1 Å². The van der Waals surface area contributed by atoms with Gasteiger partial charge >= 0.3 is 0 Å². The van der Waals surface area contributed by atoms with Gasteiger partial charge in [-0.2, -0.15) is 5.10 Å². The molecule has 7 heteroatoms. The van der Waals surface area contributed by atoms with Crippen LogP contribution in [0.1, 0.15) is 41.2 Å². The molecule has 26 heavy (non-hydrogen) atoms. The van der Waals surface area contributed by atoms with Gasteiger partial charge in [0.05, 0.1) is 0 Å². The Kier molecular flexibility index (Phi) is 4.83. The van der Waals surface area contributed by atoms with Crippen molar-refractivity contribution in [2.24, 2.45) is 0 Å². The van der Waals surface area contributed by atoms with E-state index >= 15 is 0 Å². The summed E-state index contributed by atoms with van der Waals surface area (Å²) >= 11 is 12.7. The van der Waals surface area contributed by atoms with E-state index in [4.69, 9.17) is 33.2 Å². The van der Waals surface area contributed by atoms with Crippen LogP contribution in [-0.2, 0) is 19.3 Å². The number of nitrogens with zero attached hydrogens (tertiary/aromatic N) is 3. The highest BCUT2D eigenvalue weighted by atomic mass is 35.5. The van der Waals surface area contributed by atoms with Gasteiger partial charge in [0.15, 0.2) is 5.82 Å². The molecule has 2 heterocycles. The fourth-order valence-electron chi connectivity index (χ4n) is 3.29. The monoisotopic (exact) mass is 387 g/mol. The van der Waals surface area contributed by atoms with Gasteiger partial charge in [0.2, 0.25) is 0 Å². The van der Waals surface area contributed by atoms with Crippen LogP contribution < -0.4 is 5.32 Å². The molecule has 0 unspecified atom stereocenters. The van der Waals surface area contributed by atoms with Gasteiger partial charge in [0.25, 0.3) is 0 Å². The molecule has 2 aromatic heterocycles. The molecule has 5 nitrogen and oxygen atoms in total. The first-order chi connectivity index (χ1) is 12.6. The molecule has 134 valence electrons. The van der Waals surface area contributed by atoms with Gasteiger partial charge in [-0.3, -0.25) is 5.10 Å². The first-order valence-corrected chi connectivity index (χ1v) is 9.46. The average molecular weight is 388 g/mol. The number of aromatic nitrogens is 4. The molecule has 0 spiro atoms. The van der Waals surface area contributed by atoms with Gasteiger partial charge in [0.1, 0.15) is 11.6 Å². The Morgan fingerprint density at radius 3 is 2.62 bits per heavy atom. The van der Waals surface area contributed by atoms with Crippen LogP contribution >= 0.6 is 23.2 Å². The van der Waals surface area contributed by atoms with E-state index < -0.39 is 0 Å². The molecule has 3 aromatic rings. The maximum absolute atomic E-state index is 6.33. The van der Waals surface area contributed by atoms with Gasteiger partial charge in [-0.25, -0.2) is 9.97 Å². The summed E-state index contributed by atoms with van der Waals surface area (Å²) in [7, 11) is 0.